The summed E-state index contributed by atoms with van der Waals surface area (Å²) in [5.74, 6) is 1.83. The highest BCUT2D eigenvalue weighted by Crippen LogP contribution is 2.29. The van der Waals surface area contributed by atoms with Crippen LogP contribution in [0.2, 0.25) is 0 Å². The van der Waals surface area contributed by atoms with Crippen molar-refractivity contribution in [1.29, 1.82) is 0 Å². The summed E-state index contributed by atoms with van der Waals surface area (Å²) in [7, 11) is 1.68. The van der Waals surface area contributed by atoms with Gasteiger partial charge in [-0.05, 0) is 61.7 Å². The lowest BCUT2D eigenvalue weighted by atomic mass is 10.0. The Balaban J connectivity index is 1.44. The summed E-state index contributed by atoms with van der Waals surface area (Å²) in [5, 5.41) is 5.76. The Labute approximate surface area is 179 Å². The fourth-order valence-electron chi connectivity index (χ4n) is 4.00. The van der Waals surface area contributed by atoms with E-state index < -0.39 is 0 Å². The van der Waals surface area contributed by atoms with E-state index in [1.807, 2.05) is 37.4 Å². The number of nitrogens with two attached hydrogens (primary N) is 1. The highest BCUT2D eigenvalue weighted by Gasteiger charge is 2.12. The Morgan fingerprint density at radius 2 is 1.90 bits per heavy atom. The van der Waals surface area contributed by atoms with Gasteiger partial charge in [0, 0.05) is 51.1 Å². The second-order valence-electron chi connectivity index (χ2n) is 7.67. The number of ether oxygens (including phenoxy) is 1. The number of H-pyrrole nitrogens is 2. The molecule has 156 valence electrons. The van der Waals surface area contributed by atoms with Crippen molar-refractivity contribution in [2.75, 3.05) is 18.2 Å². The zero-order valence-corrected chi connectivity index (χ0v) is 17.5. The highest BCUT2D eigenvalue weighted by atomic mass is 16.5. The molecule has 0 spiro atoms. The van der Waals surface area contributed by atoms with Crippen LogP contribution in [0.5, 0.6) is 5.75 Å². The molecule has 5 N–H and O–H groups in total. The molecule has 0 amide bonds. The Bertz CT molecular complexity index is 1380. The van der Waals surface area contributed by atoms with E-state index in [4.69, 9.17) is 10.5 Å². The topological polar surface area (TPSA) is 105 Å². The van der Waals surface area contributed by atoms with E-state index in [0.717, 1.165) is 63.2 Å². The van der Waals surface area contributed by atoms with Crippen LogP contribution in [-0.4, -0.2) is 27.0 Å². The molecule has 7 heteroatoms. The van der Waals surface area contributed by atoms with Crippen LogP contribution in [0, 0.1) is 6.92 Å². The monoisotopic (exact) mass is 412 g/mol. The van der Waals surface area contributed by atoms with Gasteiger partial charge in [-0.1, -0.05) is 6.07 Å². The number of nitrogens with zero attached hydrogens (tertiary/aromatic N) is 2. The summed E-state index contributed by atoms with van der Waals surface area (Å²) in [5.41, 5.74) is 12.4. The molecular weight excluding hydrogens is 388 g/mol. The van der Waals surface area contributed by atoms with Crippen molar-refractivity contribution < 1.29 is 4.74 Å². The number of aromatic nitrogens is 4. The second kappa shape index (κ2) is 7.68. The standard InChI is InChI=1S/C24H24N6O/c1-14-10-19-21(28-14)4-3-5-22(19)29-23-16(13-27-24(25)30-23)7-6-15-12-26-20-9-8-17(31-2)11-18(15)20/h3-5,8-13,26,28H,6-7H2,1-2H3,(H3,25,27,29,30). The maximum absolute atomic E-state index is 5.91. The van der Waals surface area contributed by atoms with E-state index in [1.54, 1.807) is 7.11 Å². The molecule has 0 aliphatic heterocycles. The summed E-state index contributed by atoms with van der Waals surface area (Å²) in [4.78, 5) is 15.4. The van der Waals surface area contributed by atoms with Gasteiger partial charge in [0.2, 0.25) is 5.95 Å². The SMILES string of the molecule is COc1ccc2[nH]cc(CCc3cnc(N)nc3Nc3cccc4[nH]c(C)cc34)c2c1. The van der Waals surface area contributed by atoms with E-state index >= 15 is 0 Å². The van der Waals surface area contributed by atoms with Gasteiger partial charge >= 0.3 is 0 Å². The number of methoxy groups -OCH3 is 1. The quantitative estimate of drug-likeness (QED) is 0.319. The minimum Gasteiger partial charge on any atom is -0.497 e. The first-order valence-corrected chi connectivity index (χ1v) is 10.2. The third-order valence-electron chi connectivity index (χ3n) is 5.57. The van der Waals surface area contributed by atoms with Gasteiger partial charge in [-0.2, -0.15) is 4.98 Å². The Morgan fingerprint density at radius 1 is 1.03 bits per heavy atom. The molecule has 5 rings (SSSR count). The fourth-order valence-corrected chi connectivity index (χ4v) is 4.00. The molecule has 0 bridgehead atoms. The first-order chi connectivity index (χ1) is 15.1. The van der Waals surface area contributed by atoms with Gasteiger partial charge < -0.3 is 25.8 Å². The number of benzene rings is 2. The average molecular weight is 412 g/mol. The molecule has 0 fully saturated rings. The van der Waals surface area contributed by atoms with Gasteiger partial charge in [0.1, 0.15) is 11.6 Å². The lowest BCUT2D eigenvalue weighted by Gasteiger charge is -2.12. The Hall–Kier alpha value is -4.00. The lowest BCUT2D eigenvalue weighted by Crippen LogP contribution is -2.05. The minimum atomic E-state index is 0.250. The van der Waals surface area contributed by atoms with Crippen LogP contribution in [-0.2, 0) is 12.8 Å². The van der Waals surface area contributed by atoms with Crippen molar-refractivity contribution in [2.45, 2.75) is 19.8 Å². The van der Waals surface area contributed by atoms with E-state index in [-0.39, 0.29) is 5.95 Å². The maximum atomic E-state index is 5.91. The number of aromatic amines is 2. The summed E-state index contributed by atoms with van der Waals surface area (Å²) < 4.78 is 5.38. The molecule has 5 aromatic rings. The number of rotatable bonds is 6. The van der Waals surface area contributed by atoms with E-state index in [0.29, 0.717) is 0 Å². The van der Waals surface area contributed by atoms with Crippen molar-refractivity contribution in [1.82, 2.24) is 19.9 Å². The third kappa shape index (κ3) is 3.66. The molecule has 0 aliphatic carbocycles. The van der Waals surface area contributed by atoms with Crippen LogP contribution in [0.25, 0.3) is 21.8 Å². The number of fused-ring (bicyclic) bond motifs is 2. The molecule has 31 heavy (non-hydrogen) atoms. The van der Waals surface area contributed by atoms with E-state index in [1.165, 1.54) is 5.56 Å². The number of hydrogen-bond acceptors (Lipinski definition) is 5. The average Bonchev–Trinajstić information content (AvgIpc) is 3.35. The molecule has 3 aromatic heterocycles. The van der Waals surface area contributed by atoms with Crippen LogP contribution >= 0.6 is 0 Å². The molecular formula is C24H24N6O. The summed E-state index contributed by atoms with van der Waals surface area (Å²) in [6, 6.07) is 14.3. The van der Waals surface area contributed by atoms with Crippen molar-refractivity contribution in [3.63, 3.8) is 0 Å². The van der Waals surface area contributed by atoms with Gasteiger partial charge in [0.05, 0.1) is 7.11 Å². The number of nitrogens with one attached hydrogen (secondary N) is 3. The smallest absolute Gasteiger partial charge is 0.221 e. The lowest BCUT2D eigenvalue weighted by molar-refractivity contribution is 0.415. The van der Waals surface area contributed by atoms with Crippen LogP contribution in [0.3, 0.4) is 0 Å². The minimum absolute atomic E-state index is 0.250. The van der Waals surface area contributed by atoms with Gasteiger partial charge in [0.25, 0.3) is 0 Å². The van der Waals surface area contributed by atoms with Crippen LogP contribution < -0.4 is 15.8 Å². The third-order valence-corrected chi connectivity index (χ3v) is 5.57. The second-order valence-corrected chi connectivity index (χ2v) is 7.67. The van der Waals surface area contributed by atoms with E-state index in [2.05, 4.69) is 49.6 Å². The first-order valence-electron chi connectivity index (χ1n) is 10.2. The molecule has 0 radical (unpaired) electrons. The van der Waals surface area contributed by atoms with Crippen molar-refractivity contribution >= 4 is 39.3 Å². The van der Waals surface area contributed by atoms with Gasteiger partial charge in [-0.15, -0.1) is 0 Å². The van der Waals surface area contributed by atoms with E-state index in [9.17, 15) is 0 Å². The van der Waals surface area contributed by atoms with Crippen molar-refractivity contribution in [3.05, 3.63) is 71.7 Å². The fraction of sp³-hybridized carbons (Fsp3) is 0.167. The molecule has 0 saturated heterocycles. The van der Waals surface area contributed by atoms with Gasteiger partial charge in [0.15, 0.2) is 0 Å². The summed E-state index contributed by atoms with van der Waals surface area (Å²) >= 11 is 0. The molecule has 3 heterocycles. The molecule has 0 atom stereocenters. The first kappa shape index (κ1) is 19.0. The Morgan fingerprint density at radius 3 is 2.77 bits per heavy atom. The molecule has 2 aromatic carbocycles. The van der Waals surface area contributed by atoms with Crippen molar-refractivity contribution in [2.24, 2.45) is 0 Å². The number of hydrogen-bond donors (Lipinski definition) is 4. The zero-order chi connectivity index (χ0) is 21.4. The summed E-state index contributed by atoms with van der Waals surface area (Å²) in [6.07, 6.45) is 5.47. The maximum Gasteiger partial charge on any atom is 0.221 e. The number of nitrogen functional groups attached to an aromatic ring is 1. The van der Waals surface area contributed by atoms with Gasteiger partial charge in [-0.25, -0.2) is 4.98 Å². The van der Waals surface area contributed by atoms with Crippen molar-refractivity contribution in [3.8, 4) is 5.75 Å². The normalized spacial score (nSPS) is 11.3. The molecule has 7 nitrogen and oxygen atoms in total. The molecule has 0 unspecified atom stereocenters. The molecule has 0 aliphatic rings. The Kier molecular flexibility index (Phi) is 4.71. The highest BCUT2D eigenvalue weighted by molar-refractivity contribution is 5.94. The van der Waals surface area contributed by atoms with Gasteiger partial charge in [-0.3, -0.25) is 0 Å². The van der Waals surface area contributed by atoms with Crippen LogP contribution in [0.15, 0.2) is 54.9 Å². The zero-order valence-electron chi connectivity index (χ0n) is 17.5. The van der Waals surface area contributed by atoms with Crippen LogP contribution in [0.1, 0.15) is 16.8 Å². The predicted molar refractivity (Wildman–Crippen MR) is 125 cm³/mol. The summed E-state index contributed by atoms with van der Waals surface area (Å²) in [6.45, 7) is 2.05. The molecule has 0 saturated carbocycles. The van der Waals surface area contributed by atoms with Crippen LogP contribution in [0.4, 0.5) is 17.5 Å². The number of anilines is 3. The number of aryl methyl sites for hydroxylation is 3. The predicted octanol–water partition coefficient (Wildman–Crippen LogP) is 4.87. The largest absolute Gasteiger partial charge is 0.497 e.